The Morgan fingerprint density at radius 2 is 1.70 bits per heavy atom. The summed E-state index contributed by atoms with van der Waals surface area (Å²) in [7, 11) is 0. The molecule has 3 nitrogen and oxygen atoms in total. The molecular weight excluding hydrogens is 328 g/mol. The molecule has 0 unspecified atom stereocenters. The number of thiocarbonyl (C=S) groups is 1. The number of hydrogen-bond acceptors (Lipinski definition) is 2. The molecule has 0 saturated carbocycles. The van der Waals surface area contributed by atoms with Crippen LogP contribution in [0.3, 0.4) is 0 Å². The third kappa shape index (κ3) is 3.00. The lowest BCUT2D eigenvalue weighted by atomic mass is 10.1. The van der Waals surface area contributed by atoms with Crippen molar-refractivity contribution in [1.82, 2.24) is 5.32 Å². The van der Waals surface area contributed by atoms with E-state index in [1.807, 2.05) is 44.2 Å². The largest absolute Gasteiger partial charge is 0.327 e. The molecule has 0 atom stereocenters. The molecule has 3 rings (SSSR count). The molecule has 116 valence electrons. The Bertz CT molecular complexity index is 807. The second-order valence-electron chi connectivity index (χ2n) is 5.42. The summed E-state index contributed by atoms with van der Waals surface area (Å²) >= 11 is 11.3. The number of anilines is 1. The van der Waals surface area contributed by atoms with Crippen LogP contribution in [0.5, 0.6) is 0 Å². The Morgan fingerprint density at radius 3 is 2.30 bits per heavy atom. The van der Waals surface area contributed by atoms with Crippen molar-refractivity contribution in [2.75, 3.05) is 4.90 Å². The molecule has 1 aliphatic rings. The average molecular weight is 343 g/mol. The lowest BCUT2D eigenvalue weighted by Gasteiger charge is -2.19. The minimum absolute atomic E-state index is 0.151. The summed E-state index contributed by atoms with van der Waals surface area (Å²) in [5, 5.41) is 4.06. The topological polar surface area (TPSA) is 32.3 Å². The van der Waals surface area contributed by atoms with Crippen LogP contribution >= 0.6 is 23.8 Å². The first-order valence-corrected chi connectivity index (χ1v) is 7.95. The normalized spacial score (nSPS) is 16.1. The van der Waals surface area contributed by atoms with Crippen LogP contribution in [-0.4, -0.2) is 11.0 Å². The fourth-order valence-corrected chi connectivity index (χ4v) is 3.03. The van der Waals surface area contributed by atoms with Crippen molar-refractivity contribution in [2.45, 2.75) is 13.8 Å². The third-order valence-electron chi connectivity index (χ3n) is 3.72. The molecule has 1 heterocycles. The number of rotatable bonds is 2. The first kappa shape index (κ1) is 15.7. The molecular formula is C18H15ClN2OS. The zero-order valence-electron chi connectivity index (χ0n) is 12.8. The summed E-state index contributed by atoms with van der Waals surface area (Å²) < 4.78 is 0. The van der Waals surface area contributed by atoms with E-state index >= 15 is 0 Å². The number of carbonyl (C=O) groups excluding carboxylic acids is 1. The Morgan fingerprint density at radius 1 is 1.09 bits per heavy atom. The number of para-hydroxylation sites is 1. The predicted octanol–water partition coefficient (Wildman–Crippen LogP) is 4.22. The molecule has 23 heavy (non-hydrogen) atoms. The molecule has 1 fully saturated rings. The monoisotopic (exact) mass is 342 g/mol. The van der Waals surface area contributed by atoms with Crippen molar-refractivity contribution < 1.29 is 4.79 Å². The van der Waals surface area contributed by atoms with Crippen LogP contribution in [0.4, 0.5) is 5.69 Å². The van der Waals surface area contributed by atoms with Gasteiger partial charge < -0.3 is 5.32 Å². The van der Waals surface area contributed by atoms with Crippen LogP contribution in [0.25, 0.3) is 6.08 Å². The van der Waals surface area contributed by atoms with Crippen molar-refractivity contribution in [3.8, 4) is 0 Å². The maximum absolute atomic E-state index is 12.8. The summed E-state index contributed by atoms with van der Waals surface area (Å²) in [4.78, 5) is 14.3. The van der Waals surface area contributed by atoms with Crippen LogP contribution in [0.1, 0.15) is 16.7 Å². The highest BCUT2D eigenvalue weighted by atomic mass is 35.5. The van der Waals surface area contributed by atoms with Gasteiger partial charge in [-0.2, -0.15) is 0 Å². The fourth-order valence-electron chi connectivity index (χ4n) is 2.62. The van der Waals surface area contributed by atoms with Gasteiger partial charge in [0.05, 0.1) is 5.69 Å². The Balaban J connectivity index is 1.99. The fraction of sp³-hybridized carbons (Fsp3) is 0.111. The van der Waals surface area contributed by atoms with Gasteiger partial charge in [-0.05, 0) is 61.0 Å². The number of hydrogen-bond donors (Lipinski definition) is 1. The highest BCUT2D eigenvalue weighted by molar-refractivity contribution is 7.80. The first-order chi connectivity index (χ1) is 11.0. The number of carbonyl (C=O) groups is 1. The quantitative estimate of drug-likeness (QED) is 0.655. The van der Waals surface area contributed by atoms with Crippen molar-refractivity contribution in [3.63, 3.8) is 0 Å². The van der Waals surface area contributed by atoms with E-state index in [0.29, 0.717) is 15.8 Å². The van der Waals surface area contributed by atoms with Gasteiger partial charge in [-0.25, -0.2) is 0 Å². The van der Waals surface area contributed by atoms with E-state index < -0.39 is 0 Å². The third-order valence-corrected chi connectivity index (χ3v) is 4.26. The van der Waals surface area contributed by atoms with Gasteiger partial charge in [-0.15, -0.1) is 0 Å². The zero-order chi connectivity index (χ0) is 16.6. The predicted molar refractivity (Wildman–Crippen MR) is 98.6 cm³/mol. The molecule has 1 N–H and O–H groups in total. The molecule has 1 aliphatic heterocycles. The van der Waals surface area contributed by atoms with Crippen LogP contribution < -0.4 is 10.2 Å². The number of amides is 1. The molecule has 0 bridgehead atoms. The van der Waals surface area contributed by atoms with Crippen molar-refractivity contribution in [3.05, 3.63) is 69.9 Å². The van der Waals surface area contributed by atoms with Gasteiger partial charge in [0.25, 0.3) is 5.91 Å². The first-order valence-electron chi connectivity index (χ1n) is 7.16. The zero-order valence-corrected chi connectivity index (χ0v) is 14.3. The maximum Gasteiger partial charge on any atom is 0.281 e. The SMILES string of the molecule is Cc1cccc(C)c1N1C(=O)/C(=C\c2ccc(Cl)cc2)NC1=S. The number of nitrogens with zero attached hydrogens (tertiary/aromatic N) is 1. The van der Waals surface area contributed by atoms with E-state index in [0.717, 1.165) is 22.4 Å². The molecule has 0 spiro atoms. The van der Waals surface area contributed by atoms with E-state index in [1.54, 1.807) is 23.1 Å². The molecule has 5 heteroatoms. The van der Waals surface area contributed by atoms with E-state index in [9.17, 15) is 4.79 Å². The van der Waals surface area contributed by atoms with Gasteiger partial charge in [0.15, 0.2) is 5.11 Å². The molecule has 1 saturated heterocycles. The summed E-state index contributed by atoms with van der Waals surface area (Å²) in [5.41, 5.74) is 4.20. The van der Waals surface area contributed by atoms with Gasteiger partial charge in [0, 0.05) is 5.02 Å². The van der Waals surface area contributed by atoms with Crippen LogP contribution in [0.2, 0.25) is 5.02 Å². The van der Waals surface area contributed by atoms with Crippen LogP contribution in [0.15, 0.2) is 48.2 Å². The smallest absolute Gasteiger partial charge is 0.281 e. The minimum atomic E-state index is -0.151. The van der Waals surface area contributed by atoms with Crippen molar-refractivity contribution in [2.24, 2.45) is 0 Å². The van der Waals surface area contributed by atoms with Gasteiger partial charge >= 0.3 is 0 Å². The maximum atomic E-state index is 12.8. The van der Waals surface area contributed by atoms with Gasteiger partial charge in [0.2, 0.25) is 0 Å². The summed E-state index contributed by atoms with van der Waals surface area (Å²) in [6.07, 6.45) is 1.78. The Labute approximate surface area is 145 Å². The lowest BCUT2D eigenvalue weighted by Crippen LogP contribution is -2.31. The molecule has 1 amide bonds. The average Bonchev–Trinajstić information content (AvgIpc) is 2.77. The number of aryl methyl sites for hydroxylation is 2. The van der Waals surface area contributed by atoms with Gasteiger partial charge in [-0.1, -0.05) is 41.9 Å². The second-order valence-corrected chi connectivity index (χ2v) is 6.24. The van der Waals surface area contributed by atoms with Gasteiger partial charge in [-0.3, -0.25) is 9.69 Å². The number of nitrogens with one attached hydrogen (secondary N) is 1. The summed E-state index contributed by atoms with van der Waals surface area (Å²) in [6.45, 7) is 3.94. The molecule has 0 aromatic heterocycles. The van der Waals surface area contributed by atoms with E-state index in [4.69, 9.17) is 23.8 Å². The van der Waals surface area contributed by atoms with Crippen LogP contribution in [-0.2, 0) is 4.79 Å². The Kier molecular flexibility index (Phi) is 4.20. The standard InChI is InChI=1S/C18H15ClN2OS/c1-11-4-3-5-12(2)16(11)21-17(22)15(20-18(21)23)10-13-6-8-14(19)9-7-13/h3-10H,1-2H3,(H,20,23)/b15-10+. The number of benzene rings is 2. The van der Waals surface area contributed by atoms with Crippen LogP contribution in [0, 0.1) is 13.8 Å². The van der Waals surface area contributed by atoms with Crippen molar-refractivity contribution in [1.29, 1.82) is 0 Å². The highest BCUT2D eigenvalue weighted by Gasteiger charge is 2.33. The molecule has 2 aromatic carbocycles. The second kappa shape index (κ2) is 6.14. The van der Waals surface area contributed by atoms with E-state index in [2.05, 4.69) is 5.32 Å². The highest BCUT2D eigenvalue weighted by Crippen LogP contribution is 2.29. The minimum Gasteiger partial charge on any atom is -0.327 e. The van der Waals surface area contributed by atoms with Gasteiger partial charge in [0.1, 0.15) is 5.70 Å². The van der Waals surface area contributed by atoms with Crippen molar-refractivity contribution >= 4 is 46.6 Å². The summed E-state index contributed by atoms with van der Waals surface area (Å²) in [5.74, 6) is -0.151. The summed E-state index contributed by atoms with van der Waals surface area (Å²) in [6, 6.07) is 13.2. The lowest BCUT2D eigenvalue weighted by molar-refractivity contribution is -0.113. The molecule has 0 aliphatic carbocycles. The Hall–Kier alpha value is -2.17. The number of halogens is 1. The van der Waals surface area contributed by atoms with E-state index in [-0.39, 0.29) is 5.91 Å². The molecule has 2 aromatic rings. The van der Waals surface area contributed by atoms with E-state index in [1.165, 1.54) is 0 Å². The molecule has 0 radical (unpaired) electrons.